The minimum Gasteiger partial charge on any atom is -0.335 e. The number of benzene rings is 1. The van der Waals surface area contributed by atoms with Gasteiger partial charge in [0.1, 0.15) is 5.82 Å². The first kappa shape index (κ1) is 16.0. The van der Waals surface area contributed by atoms with Crippen LogP contribution in [0.1, 0.15) is 42.5 Å². The fourth-order valence-electron chi connectivity index (χ4n) is 2.73. The van der Waals surface area contributed by atoms with Crippen molar-refractivity contribution in [1.29, 1.82) is 0 Å². The third-order valence-electron chi connectivity index (χ3n) is 3.77. The molecule has 0 saturated heterocycles. The van der Waals surface area contributed by atoms with Crippen LogP contribution in [0.25, 0.3) is 0 Å². The Bertz CT molecular complexity index is 475. The Morgan fingerprint density at radius 3 is 2.60 bits per heavy atom. The normalized spacial score (nSPS) is 16.1. The van der Waals surface area contributed by atoms with E-state index in [1.54, 1.807) is 12.1 Å². The van der Waals surface area contributed by atoms with Gasteiger partial charge in [-0.1, -0.05) is 35.2 Å². The maximum atomic E-state index is 13.3. The molecule has 0 aromatic heterocycles. The molecule has 0 N–H and O–H groups in total. The van der Waals surface area contributed by atoms with Crippen molar-refractivity contribution in [1.82, 2.24) is 4.90 Å². The Morgan fingerprint density at radius 2 is 2.00 bits per heavy atom. The molecule has 0 radical (unpaired) electrons. The van der Waals surface area contributed by atoms with E-state index >= 15 is 0 Å². The van der Waals surface area contributed by atoms with Gasteiger partial charge in [-0.05, 0) is 47.0 Å². The lowest BCUT2D eigenvalue weighted by atomic mass is 9.93. The summed E-state index contributed by atoms with van der Waals surface area (Å²) < 4.78 is 13.6. The van der Waals surface area contributed by atoms with Crippen LogP contribution in [-0.2, 0) is 0 Å². The number of rotatable bonds is 4. The number of nitrogens with zero attached hydrogens (tertiary/aromatic N) is 1. The maximum absolute atomic E-state index is 13.3. The largest absolute Gasteiger partial charge is 0.335 e. The summed E-state index contributed by atoms with van der Waals surface area (Å²) in [6.45, 7) is 0.693. The SMILES string of the molecule is O=C(c1ccc(F)c(Br)c1)N(CCBr)C1CCCCC1. The monoisotopic (exact) mass is 405 g/mol. The first-order valence-corrected chi connectivity index (χ1v) is 8.87. The topological polar surface area (TPSA) is 20.3 Å². The van der Waals surface area contributed by atoms with Crippen LogP contribution in [0.4, 0.5) is 4.39 Å². The Morgan fingerprint density at radius 1 is 1.30 bits per heavy atom. The second kappa shape index (κ2) is 7.55. The highest BCUT2D eigenvalue weighted by Gasteiger charge is 2.26. The Balaban J connectivity index is 2.18. The molecule has 2 nitrogen and oxygen atoms in total. The van der Waals surface area contributed by atoms with Gasteiger partial charge >= 0.3 is 0 Å². The van der Waals surface area contributed by atoms with Crippen LogP contribution < -0.4 is 0 Å². The standard InChI is InChI=1S/C15H18Br2FNO/c16-8-9-19(12-4-2-1-3-5-12)15(20)11-6-7-14(18)13(17)10-11/h6-7,10,12H,1-5,8-9H2. The number of carbonyl (C=O) groups is 1. The second-order valence-corrected chi connectivity index (χ2v) is 6.76. The highest BCUT2D eigenvalue weighted by atomic mass is 79.9. The zero-order valence-corrected chi connectivity index (χ0v) is 14.4. The van der Waals surface area contributed by atoms with Crippen LogP contribution >= 0.6 is 31.9 Å². The van der Waals surface area contributed by atoms with Gasteiger partial charge in [0.2, 0.25) is 0 Å². The van der Waals surface area contributed by atoms with E-state index in [1.165, 1.54) is 25.3 Å². The molecule has 0 atom stereocenters. The smallest absolute Gasteiger partial charge is 0.254 e. The summed E-state index contributed by atoms with van der Waals surface area (Å²) >= 11 is 6.56. The van der Waals surface area contributed by atoms with Gasteiger partial charge in [0.25, 0.3) is 5.91 Å². The number of amides is 1. The summed E-state index contributed by atoms with van der Waals surface area (Å²) in [4.78, 5) is 14.6. The summed E-state index contributed by atoms with van der Waals surface area (Å²) in [6.07, 6.45) is 5.77. The van der Waals surface area contributed by atoms with Gasteiger partial charge in [-0.2, -0.15) is 0 Å². The minimum absolute atomic E-state index is 0.00273. The molecule has 1 aromatic rings. The molecule has 110 valence electrons. The van der Waals surface area contributed by atoms with E-state index in [1.807, 2.05) is 4.90 Å². The van der Waals surface area contributed by atoms with Crippen molar-refractivity contribution < 1.29 is 9.18 Å². The van der Waals surface area contributed by atoms with Crippen molar-refractivity contribution in [3.8, 4) is 0 Å². The van der Waals surface area contributed by atoms with Crippen LogP contribution in [0.5, 0.6) is 0 Å². The molecule has 0 unspecified atom stereocenters. The molecule has 1 aliphatic carbocycles. The lowest BCUT2D eigenvalue weighted by Crippen LogP contribution is -2.42. The predicted octanol–water partition coefficient (Wildman–Crippen LogP) is 4.76. The molecule has 1 amide bonds. The first-order chi connectivity index (χ1) is 9.63. The number of hydrogen-bond donors (Lipinski definition) is 0. The Kier molecular flexibility index (Phi) is 6.02. The molecular weight excluding hydrogens is 389 g/mol. The van der Waals surface area contributed by atoms with E-state index in [2.05, 4.69) is 31.9 Å². The number of halogens is 3. The zero-order chi connectivity index (χ0) is 14.5. The fraction of sp³-hybridized carbons (Fsp3) is 0.533. The first-order valence-electron chi connectivity index (χ1n) is 6.95. The van der Waals surface area contributed by atoms with Crippen molar-refractivity contribution in [2.75, 3.05) is 11.9 Å². The summed E-state index contributed by atoms with van der Waals surface area (Å²) in [6, 6.07) is 4.79. The molecule has 1 saturated carbocycles. The van der Waals surface area contributed by atoms with Crippen LogP contribution in [0.15, 0.2) is 22.7 Å². The van der Waals surface area contributed by atoms with Gasteiger partial charge < -0.3 is 4.90 Å². The van der Waals surface area contributed by atoms with Crippen molar-refractivity contribution >= 4 is 37.8 Å². The van der Waals surface area contributed by atoms with Crippen molar-refractivity contribution in [3.63, 3.8) is 0 Å². The van der Waals surface area contributed by atoms with Crippen LogP contribution in [0.3, 0.4) is 0 Å². The molecule has 1 aliphatic rings. The van der Waals surface area contributed by atoms with E-state index in [0.717, 1.165) is 18.2 Å². The zero-order valence-electron chi connectivity index (χ0n) is 11.2. The molecule has 2 rings (SSSR count). The average molecular weight is 407 g/mol. The van der Waals surface area contributed by atoms with E-state index < -0.39 is 0 Å². The van der Waals surface area contributed by atoms with E-state index in [0.29, 0.717) is 22.6 Å². The summed E-state index contributed by atoms with van der Waals surface area (Å²) in [5, 5.41) is 0.762. The minimum atomic E-state index is -0.341. The second-order valence-electron chi connectivity index (χ2n) is 5.11. The number of hydrogen-bond acceptors (Lipinski definition) is 1. The molecule has 1 aromatic carbocycles. The molecule has 1 fully saturated rings. The van der Waals surface area contributed by atoms with Crippen LogP contribution in [0.2, 0.25) is 0 Å². The van der Waals surface area contributed by atoms with Gasteiger partial charge in [0.15, 0.2) is 0 Å². The summed E-state index contributed by atoms with van der Waals surface area (Å²) in [5.41, 5.74) is 0.546. The predicted molar refractivity (Wildman–Crippen MR) is 85.8 cm³/mol. The molecule has 0 aliphatic heterocycles. The van der Waals surface area contributed by atoms with E-state index in [-0.39, 0.29) is 11.7 Å². The van der Waals surface area contributed by atoms with Gasteiger partial charge in [0.05, 0.1) is 4.47 Å². The molecule has 0 spiro atoms. The lowest BCUT2D eigenvalue weighted by molar-refractivity contribution is 0.0651. The van der Waals surface area contributed by atoms with E-state index in [4.69, 9.17) is 0 Å². The van der Waals surface area contributed by atoms with Gasteiger partial charge in [-0.15, -0.1) is 0 Å². The third-order valence-corrected chi connectivity index (χ3v) is 4.73. The Labute approximate surface area is 136 Å². The molecule has 20 heavy (non-hydrogen) atoms. The van der Waals surface area contributed by atoms with Crippen LogP contribution in [0, 0.1) is 5.82 Å². The highest BCUT2D eigenvalue weighted by Crippen LogP contribution is 2.25. The van der Waals surface area contributed by atoms with Crippen molar-refractivity contribution in [2.45, 2.75) is 38.1 Å². The Hall–Kier alpha value is -0.420. The fourth-order valence-corrected chi connectivity index (χ4v) is 3.49. The summed E-state index contributed by atoms with van der Waals surface area (Å²) in [7, 11) is 0. The molecule has 0 bridgehead atoms. The van der Waals surface area contributed by atoms with Gasteiger partial charge in [0, 0.05) is 23.5 Å². The third kappa shape index (κ3) is 3.82. The van der Waals surface area contributed by atoms with E-state index in [9.17, 15) is 9.18 Å². The van der Waals surface area contributed by atoms with Crippen molar-refractivity contribution in [2.24, 2.45) is 0 Å². The van der Waals surface area contributed by atoms with Crippen LogP contribution in [-0.4, -0.2) is 28.7 Å². The molecule has 5 heteroatoms. The molecule has 0 heterocycles. The van der Waals surface area contributed by atoms with Gasteiger partial charge in [-0.3, -0.25) is 4.79 Å². The maximum Gasteiger partial charge on any atom is 0.254 e. The van der Waals surface area contributed by atoms with Crippen molar-refractivity contribution in [3.05, 3.63) is 34.1 Å². The number of alkyl halides is 1. The average Bonchev–Trinajstić information content (AvgIpc) is 2.48. The summed E-state index contributed by atoms with van der Waals surface area (Å²) in [5.74, 6) is -0.344. The van der Waals surface area contributed by atoms with Gasteiger partial charge in [-0.25, -0.2) is 4.39 Å². The number of carbonyl (C=O) groups excluding carboxylic acids is 1. The molecular formula is C15H18Br2FNO. The quantitative estimate of drug-likeness (QED) is 0.660. The highest BCUT2D eigenvalue weighted by molar-refractivity contribution is 9.10. The lowest BCUT2D eigenvalue weighted by Gasteiger charge is -2.34.